The van der Waals surface area contributed by atoms with Gasteiger partial charge in [0.25, 0.3) is 0 Å². The Bertz CT molecular complexity index is 2290. The van der Waals surface area contributed by atoms with Crippen LogP contribution in [0.2, 0.25) is 0 Å². The molecule has 1 N–H and O–H groups in total. The van der Waals surface area contributed by atoms with Crippen LogP contribution in [0.3, 0.4) is 0 Å². The number of dihydropyridines is 1. The summed E-state index contributed by atoms with van der Waals surface area (Å²) < 4.78 is 2.37. The molecule has 1 aromatic heterocycles. The molecule has 0 amide bonds. The highest BCUT2D eigenvalue weighted by Gasteiger charge is 2.42. The number of para-hydroxylation sites is 2. The quantitative estimate of drug-likeness (QED) is 0.210. The third kappa shape index (κ3) is 4.41. The zero-order valence-electron chi connectivity index (χ0n) is 26.8. The Morgan fingerprint density at radius 3 is 2.32 bits per heavy atom. The standard InChI is InChI=1S/C44H37N3/c1-44(2)39-16-8-6-14-35(39)36-25-24-34(29-40(36)44)46(43-18-10-11-27-45-43)33-22-19-30(20-23-33)31-21-26-42-38(28-31)37-15-7-9-17-41(37)47(42)32-12-4-3-5-13-32/h3-24,26,28-29,36,45H,25,27H2,1-2H3. The highest BCUT2D eigenvalue weighted by molar-refractivity contribution is 6.10. The van der Waals surface area contributed by atoms with Gasteiger partial charge >= 0.3 is 0 Å². The zero-order chi connectivity index (χ0) is 31.5. The first-order chi connectivity index (χ1) is 23.1. The molecule has 0 saturated carbocycles. The van der Waals surface area contributed by atoms with E-state index in [4.69, 9.17) is 0 Å². The summed E-state index contributed by atoms with van der Waals surface area (Å²) in [6.45, 7) is 5.59. The Labute approximate surface area is 276 Å². The van der Waals surface area contributed by atoms with Crippen molar-refractivity contribution in [3.63, 3.8) is 0 Å². The summed E-state index contributed by atoms with van der Waals surface area (Å²) in [5, 5.41) is 6.18. The van der Waals surface area contributed by atoms with E-state index in [1.54, 1.807) is 0 Å². The van der Waals surface area contributed by atoms with Crippen LogP contribution in [-0.4, -0.2) is 11.1 Å². The zero-order valence-corrected chi connectivity index (χ0v) is 26.8. The van der Waals surface area contributed by atoms with E-state index in [-0.39, 0.29) is 5.41 Å². The number of aromatic nitrogens is 1. The molecular formula is C44H37N3. The SMILES string of the molecule is CC1(C)C2=CC(N(C3=CC=CCN3)c3ccc(-c4ccc5c(c4)c4ccccc4n5-c4ccccc4)cc3)=CCC2c2ccccc21. The molecule has 3 nitrogen and oxygen atoms in total. The molecule has 228 valence electrons. The molecule has 6 aromatic rings. The fourth-order valence-electron chi connectivity index (χ4n) is 8.12. The van der Waals surface area contributed by atoms with Gasteiger partial charge in [-0.2, -0.15) is 0 Å². The molecule has 9 rings (SSSR count). The van der Waals surface area contributed by atoms with Crippen LogP contribution in [0.5, 0.6) is 0 Å². The van der Waals surface area contributed by atoms with Crippen molar-refractivity contribution in [2.24, 2.45) is 0 Å². The lowest BCUT2D eigenvalue weighted by Gasteiger charge is -2.34. The lowest BCUT2D eigenvalue weighted by atomic mass is 9.78. The summed E-state index contributed by atoms with van der Waals surface area (Å²) in [7, 11) is 0. The number of hydrogen-bond donors (Lipinski definition) is 1. The number of benzene rings is 5. The number of fused-ring (bicyclic) bond motifs is 6. The summed E-state index contributed by atoms with van der Waals surface area (Å²) in [6, 6.07) is 44.4. The van der Waals surface area contributed by atoms with Gasteiger partial charge in [-0.1, -0.05) is 117 Å². The van der Waals surface area contributed by atoms with Gasteiger partial charge in [0.05, 0.1) is 11.0 Å². The summed E-state index contributed by atoms with van der Waals surface area (Å²) in [5.74, 6) is 1.55. The Balaban J connectivity index is 1.10. The van der Waals surface area contributed by atoms with E-state index >= 15 is 0 Å². The van der Waals surface area contributed by atoms with Crippen molar-refractivity contribution in [1.82, 2.24) is 9.88 Å². The molecule has 0 saturated heterocycles. The third-order valence-corrected chi connectivity index (χ3v) is 10.4. The molecule has 2 heterocycles. The van der Waals surface area contributed by atoms with Crippen LogP contribution in [0.15, 0.2) is 169 Å². The van der Waals surface area contributed by atoms with Crippen LogP contribution in [-0.2, 0) is 5.41 Å². The molecular weight excluding hydrogens is 571 g/mol. The van der Waals surface area contributed by atoms with Crippen LogP contribution >= 0.6 is 0 Å². The van der Waals surface area contributed by atoms with Gasteiger partial charge in [-0.3, -0.25) is 4.90 Å². The number of allylic oxidation sites excluding steroid dienone is 5. The smallest absolute Gasteiger partial charge is 0.111 e. The van der Waals surface area contributed by atoms with Gasteiger partial charge in [0.2, 0.25) is 0 Å². The van der Waals surface area contributed by atoms with Crippen LogP contribution in [0, 0.1) is 0 Å². The van der Waals surface area contributed by atoms with Crippen molar-refractivity contribution >= 4 is 27.5 Å². The lowest BCUT2D eigenvalue weighted by molar-refractivity contribution is 0.608. The Morgan fingerprint density at radius 1 is 0.745 bits per heavy atom. The third-order valence-electron chi connectivity index (χ3n) is 10.4. The lowest BCUT2D eigenvalue weighted by Crippen LogP contribution is -2.33. The van der Waals surface area contributed by atoms with E-state index < -0.39 is 0 Å². The second kappa shape index (κ2) is 10.8. The van der Waals surface area contributed by atoms with Gasteiger partial charge in [0, 0.05) is 45.7 Å². The summed E-state index contributed by atoms with van der Waals surface area (Å²) in [5.41, 5.74) is 12.9. The van der Waals surface area contributed by atoms with Crippen molar-refractivity contribution in [2.45, 2.75) is 31.6 Å². The molecule has 1 unspecified atom stereocenters. The number of anilines is 1. The highest BCUT2D eigenvalue weighted by atomic mass is 15.3. The second-order valence-electron chi connectivity index (χ2n) is 13.4. The van der Waals surface area contributed by atoms with Gasteiger partial charge in [-0.25, -0.2) is 0 Å². The molecule has 1 aliphatic heterocycles. The molecule has 1 atom stereocenters. The van der Waals surface area contributed by atoms with Crippen molar-refractivity contribution in [3.8, 4) is 16.8 Å². The Kier molecular flexibility index (Phi) is 6.36. The largest absolute Gasteiger partial charge is 0.368 e. The van der Waals surface area contributed by atoms with E-state index in [0.29, 0.717) is 5.92 Å². The second-order valence-corrected chi connectivity index (χ2v) is 13.4. The first-order valence-corrected chi connectivity index (χ1v) is 16.7. The predicted octanol–water partition coefficient (Wildman–Crippen LogP) is 10.5. The van der Waals surface area contributed by atoms with Crippen LogP contribution in [0.1, 0.15) is 37.3 Å². The maximum Gasteiger partial charge on any atom is 0.111 e. The van der Waals surface area contributed by atoms with Crippen molar-refractivity contribution in [3.05, 3.63) is 180 Å². The maximum absolute atomic E-state index is 3.64. The maximum atomic E-state index is 3.64. The van der Waals surface area contributed by atoms with E-state index in [9.17, 15) is 0 Å². The fraction of sp³-hybridized carbons (Fsp3) is 0.136. The van der Waals surface area contributed by atoms with Gasteiger partial charge in [-0.15, -0.1) is 0 Å². The van der Waals surface area contributed by atoms with Crippen LogP contribution < -0.4 is 10.2 Å². The fourth-order valence-corrected chi connectivity index (χ4v) is 8.12. The molecule has 0 fully saturated rings. The molecule has 5 aromatic carbocycles. The Morgan fingerprint density at radius 2 is 1.49 bits per heavy atom. The Hall–Kier alpha value is -5.54. The summed E-state index contributed by atoms with van der Waals surface area (Å²) >= 11 is 0. The minimum Gasteiger partial charge on any atom is -0.368 e. The summed E-state index contributed by atoms with van der Waals surface area (Å²) in [6.07, 6.45) is 12.4. The average Bonchev–Trinajstić information content (AvgIpc) is 3.58. The predicted molar refractivity (Wildman–Crippen MR) is 197 cm³/mol. The van der Waals surface area contributed by atoms with E-state index in [1.807, 2.05) is 0 Å². The monoisotopic (exact) mass is 607 g/mol. The molecule has 47 heavy (non-hydrogen) atoms. The number of hydrogen-bond acceptors (Lipinski definition) is 2. The van der Waals surface area contributed by atoms with Crippen molar-refractivity contribution in [1.29, 1.82) is 0 Å². The summed E-state index contributed by atoms with van der Waals surface area (Å²) in [4.78, 5) is 2.40. The molecule has 3 aliphatic rings. The first-order valence-electron chi connectivity index (χ1n) is 16.7. The molecule has 0 bridgehead atoms. The first kappa shape index (κ1) is 27.7. The minimum absolute atomic E-state index is 0.00680. The van der Waals surface area contributed by atoms with Crippen molar-refractivity contribution < 1.29 is 0 Å². The van der Waals surface area contributed by atoms with Gasteiger partial charge in [-0.05, 0) is 83.3 Å². The minimum atomic E-state index is 0.00680. The van der Waals surface area contributed by atoms with E-state index in [2.05, 4.69) is 180 Å². The number of rotatable bonds is 5. The average molecular weight is 608 g/mol. The van der Waals surface area contributed by atoms with Gasteiger partial charge in [0.1, 0.15) is 5.82 Å². The number of nitrogens with one attached hydrogen (secondary N) is 1. The van der Waals surface area contributed by atoms with E-state index in [0.717, 1.165) is 24.5 Å². The molecule has 3 heteroatoms. The van der Waals surface area contributed by atoms with E-state index in [1.165, 1.54) is 61.0 Å². The highest BCUT2D eigenvalue weighted by Crippen LogP contribution is 2.54. The normalized spacial score (nSPS) is 17.8. The van der Waals surface area contributed by atoms with Crippen LogP contribution in [0.4, 0.5) is 5.69 Å². The molecule has 0 spiro atoms. The van der Waals surface area contributed by atoms with Gasteiger partial charge in [0.15, 0.2) is 0 Å². The van der Waals surface area contributed by atoms with Crippen molar-refractivity contribution in [2.75, 3.05) is 11.4 Å². The van der Waals surface area contributed by atoms with Gasteiger partial charge < -0.3 is 9.88 Å². The topological polar surface area (TPSA) is 20.2 Å². The molecule has 2 aliphatic carbocycles. The molecule has 0 radical (unpaired) electrons. The van der Waals surface area contributed by atoms with Crippen LogP contribution in [0.25, 0.3) is 38.6 Å². The number of nitrogens with zero attached hydrogens (tertiary/aromatic N) is 2.